The Kier molecular flexibility index (Phi) is 4.72. The van der Waals surface area contributed by atoms with Crippen molar-refractivity contribution < 1.29 is 4.79 Å². The van der Waals surface area contributed by atoms with Crippen LogP contribution in [0.1, 0.15) is 38.2 Å². The molecule has 0 amide bonds. The molecule has 0 spiro atoms. The predicted octanol–water partition coefficient (Wildman–Crippen LogP) is 5.09. The number of thioether (sulfide) groups is 1. The molecule has 124 valence electrons. The molecular weight excluding hydrogens is 384 g/mol. The molecule has 2 aliphatic rings. The first-order valence-electron chi connectivity index (χ1n) is 7.90. The third-order valence-corrected chi connectivity index (χ3v) is 5.91. The summed E-state index contributed by atoms with van der Waals surface area (Å²) in [5.74, 6) is -0.322. The van der Waals surface area contributed by atoms with E-state index in [2.05, 4.69) is 35.8 Å². The van der Waals surface area contributed by atoms with E-state index >= 15 is 0 Å². The van der Waals surface area contributed by atoms with E-state index in [0.717, 1.165) is 27.2 Å². The number of nitrogens with zero attached hydrogens (tertiary/aromatic N) is 2. The first kappa shape index (κ1) is 17.4. The molecule has 1 aliphatic heterocycles. The summed E-state index contributed by atoms with van der Waals surface area (Å²) in [5, 5.41) is 10.5. The summed E-state index contributed by atoms with van der Waals surface area (Å²) in [6, 6.07) is 10.3. The lowest BCUT2D eigenvalue weighted by molar-refractivity contribution is -0.124. The molecule has 0 aromatic heterocycles. The van der Waals surface area contributed by atoms with Crippen LogP contribution in [0.25, 0.3) is 0 Å². The fourth-order valence-corrected chi connectivity index (χ4v) is 4.58. The van der Waals surface area contributed by atoms with Crippen LogP contribution in [0.15, 0.2) is 44.3 Å². The number of nitriles is 1. The second-order valence-electron chi connectivity index (χ2n) is 7.13. The van der Waals surface area contributed by atoms with Gasteiger partial charge in [-0.1, -0.05) is 41.9 Å². The number of fused-ring (bicyclic) bond motifs is 1. The molecule has 1 aromatic carbocycles. The topological polar surface area (TPSA) is 53.2 Å². The number of ketones is 1. The zero-order valence-electron chi connectivity index (χ0n) is 14.0. The average Bonchev–Trinajstić information content (AvgIpc) is 2.52. The first-order valence-corrected chi connectivity index (χ1v) is 9.92. The number of carbonyl (C=O) groups excluding carboxylic acids is 1. The molecule has 1 unspecified atom stereocenters. The molecule has 2 atom stereocenters. The van der Waals surface area contributed by atoms with Crippen LogP contribution in [0.5, 0.6) is 0 Å². The average molecular weight is 403 g/mol. The van der Waals surface area contributed by atoms with Crippen molar-refractivity contribution in [3.63, 3.8) is 0 Å². The van der Waals surface area contributed by atoms with Gasteiger partial charge >= 0.3 is 0 Å². The second-order valence-corrected chi connectivity index (χ2v) is 8.84. The van der Waals surface area contributed by atoms with E-state index in [1.54, 1.807) is 0 Å². The second kappa shape index (κ2) is 6.50. The van der Waals surface area contributed by atoms with E-state index in [1.165, 1.54) is 11.8 Å². The Hall–Kier alpha value is -1.38. The van der Waals surface area contributed by atoms with Crippen LogP contribution < -0.4 is 0 Å². The van der Waals surface area contributed by atoms with Gasteiger partial charge in [0.25, 0.3) is 0 Å². The zero-order chi connectivity index (χ0) is 17.5. The maximum absolute atomic E-state index is 12.9. The van der Waals surface area contributed by atoms with E-state index in [9.17, 15) is 10.1 Å². The first-order chi connectivity index (χ1) is 11.4. The monoisotopic (exact) mass is 402 g/mol. The fraction of sp³-hybridized carbons (Fsp3) is 0.421. The van der Waals surface area contributed by atoms with Crippen molar-refractivity contribution in [1.82, 2.24) is 0 Å². The van der Waals surface area contributed by atoms with Crippen LogP contribution in [0.2, 0.25) is 0 Å². The van der Waals surface area contributed by atoms with Crippen molar-refractivity contribution in [3.05, 3.63) is 44.9 Å². The van der Waals surface area contributed by atoms with Gasteiger partial charge in [0.1, 0.15) is 10.8 Å². The molecule has 0 saturated heterocycles. The van der Waals surface area contributed by atoms with Gasteiger partial charge < -0.3 is 0 Å². The minimum Gasteiger partial charge on any atom is -0.299 e. The summed E-state index contributed by atoms with van der Waals surface area (Å²) < 4.78 is 0.986. The molecule has 1 saturated carbocycles. The number of Topliss-reactive ketones (excluding diaryl/α,β-unsaturated/α-hetero) is 1. The van der Waals surface area contributed by atoms with Gasteiger partial charge in [-0.3, -0.25) is 4.79 Å². The third kappa shape index (κ3) is 3.10. The van der Waals surface area contributed by atoms with Crippen LogP contribution >= 0.6 is 27.7 Å². The maximum atomic E-state index is 12.9. The van der Waals surface area contributed by atoms with Gasteiger partial charge in [-0.15, -0.1) is 11.8 Å². The zero-order valence-corrected chi connectivity index (χ0v) is 16.4. The highest BCUT2D eigenvalue weighted by Gasteiger charge is 2.46. The van der Waals surface area contributed by atoms with Crippen molar-refractivity contribution in [2.75, 3.05) is 6.26 Å². The van der Waals surface area contributed by atoms with E-state index in [4.69, 9.17) is 4.99 Å². The molecule has 1 aromatic rings. The smallest absolute Gasteiger partial charge is 0.143 e. The van der Waals surface area contributed by atoms with E-state index in [1.807, 2.05) is 30.5 Å². The van der Waals surface area contributed by atoms with Crippen molar-refractivity contribution >= 4 is 39.2 Å². The van der Waals surface area contributed by atoms with Gasteiger partial charge in [-0.25, -0.2) is 4.99 Å². The number of halogens is 1. The highest BCUT2D eigenvalue weighted by atomic mass is 79.9. The molecule has 24 heavy (non-hydrogen) atoms. The Morgan fingerprint density at radius 3 is 2.50 bits per heavy atom. The van der Waals surface area contributed by atoms with Gasteiger partial charge in [0.05, 0.1) is 17.6 Å². The Morgan fingerprint density at radius 1 is 1.25 bits per heavy atom. The van der Waals surface area contributed by atoms with Crippen molar-refractivity contribution in [1.29, 1.82) is 5.26 Å². The number of benzene rings is 1. The normalized spacial score (nSPS) is 25.8. The number of carbonyl (C=O) groups is 1. The van der Waals surface area contributed by atoms with Crippen molar-refractivity contribution in [3.8, 4) is 6.07 Å². The quantitative estimate of drug-likeness (QED) is 0.691. The summed E-state index contributed by atoms with van der Waals surface area (Å²) in [7, 11) is 0. The highest BCUT2D eigenvalue weighted by molar-refractivity contribution is 9.10. The standard InChI is InChI=1S/C19H19BrN2OS/c1-19(2)8-14-17(15(23)9-19)16(11-4-6-12(20)7-5-11)13(10-21)18(22-14)24-3/h4-7,16-17H,8-9H2,1-3H3/t16-,17?/m1/s1. The summed E-state index contributed by atoms with van der Waals surface area (Å²) >= 11 is 4.94. The molecular formula is C19H19BrN2OS. The van der Waals surface area contributed by atoms with Crippen molar-refractivity contribution in [2.45, 2.75) is 32.6 Å². The van der Waals surface area contributed by atoms with Gasteiger partial charge in [0, 0.05) is 22.5 Å². The number of allylic oxidation sites excluding steroid dienone is 1. The molecule has 1 heterocycles. The van der Waals surface area contributed by atoms with Crippen LogP contribution in [0.3, 0.4) is 0 Å². The predicted molar refractivity (Wildman–Crippen MR) is 102 cm³/mol. The van der Waals surface area contributed by atoms with Crippen LogP contribution in [-0.2, 0) is 4.79 Å². The largest absolute Gasteiger partial charge is 0.299 e. The lowest BCUT2D eigenvalue weighted by Gasteiger charge is -2.40. The Morgan fingerprint density at radius 2 is 1.92 bits per heavy atom. The van der Waals surface area contributed by atoms with Gasteiger partial charge in [0.2, 0.25) is 0 Å². The molecule has 0 N–H and O–H groups in total. The lowest BCUT2D eigenvalue weighted by atomic mass is 9.64. The molecule has 1 fully saturated rings. The molecule has 3 nitrogen and oxygen atoms in total. The molecule has 3 rings (SSSR count). The Bertz CT molecular complexity index is 787. The minimum atomic E-state index is -0.301. The number of aliphatic imine (C=N–C) groups is 1. The Labute approximate surface area is 155 Å². The van der Waals surface area contributed by atoms with Gasteiger partial charge in [-0.05, 0) is 35.8 Å². The summed E-state index contributed by atoms with van der Waals surface area (Å²) in [4.78, 5) is 17.6. The number of hydrogen-bond donors (Lipinski definition) is 0. The third-order valence-electron chi connectivity index (χ3n) is 4.68. The molecule has 0 bridgehead atoms. The summed E-state index contributed by atoms with van der Waals surface area (Å²) in [6.07, 6.45) is 3.28. The Balaban J connectivity index is 2.17. The summed E-state index contributed by atoms with van der Waals surface area (Å²) in [6.45, 7) is 4.22. The van der Waals surface area contributed by atoms with E-state index in [0.29, 0.717) is 12.0 Å². The van der Waals surface area contributed by atoms with E-state index < -0.39 is 0 Å². The van der Waals surface area contributed by atoms with Gasteiger partial charge in [0.15, 0.2) is 0 Å². The molecule has 5 heteroatoms. The van der Waals surface area contributed by atoms with Crippen LogP contribution in [0, 0.1) is 22.7 Å². The van der Waals surface area contributed by atoms with Crippen molar-refractivity contribution in [2.24, 2.45) is 16.3 Å². The highest BCUT2D eigenvalue weighted by Crippen LogP contribution is 2.47. The van der Waals surface area contributed by atoms with E-state index in [-0.39, 0.29) is 23.0 Å². The SMILES string of the molecule is CSC1=C(C#N)[C@@H](c2ccc(Br)cc2)C2C(=O)CC(C)(C)CC2=N1. The number of hydrogen-bond acceptors (Lipinski definition) is 4. The fourth-order valence-electron chi connectivity index (χ4n) is 3.71. The summed E-state index contributed by atoms with van der Waals surface area (Å²) in [5.41, 5.74) is 2.50. The number of rotatable bonds is 2. The lowest BCUT2D eigenvalue weighted by Crippen LogP contribution is -2.42. The molecule has 1 aliphatic carbocycles. The minimum absolute atomic E-state index is 0.0651. The van der Waals surface area contributed by atoms with Crippen LogP contribution in [0.4, 0.5) is 0 Å². The van der Waals surface area contributed by atoms with Gasteiger partial charge in [-0.2, -0.15) is 5.26 Å². The van der Waals surface area contributed by atoms with Crippen LogP contribution in [-0.4, -0.2) is 17.8 Å². The molecule has 0 radical (unpaired) electrons. The maximum Gasteiger partial charge on any atom is 0.143 e.